The van der Waals surface area contributed by atoms with Crippen LogP contribution in [0.4, 0.5) is 9.18 Å². The Labute approximate surface area is 187 Å². The molecule has 31 heavy (non-hydrogen) atoms. The van der Waals surface area contributed by atoms with Crippen LogP contribution < -0.4 is 5.32 Å². The van der Waals surface area contributed by atoms with Crippen molar-refractivity contribution in [2.45, 2.75) is 71.3 Å². The lowest BCUT2D eigenvalue weighted by Gasteiger charge is -2.47. The maximum atomic E-state index is 13.5. The normalized spacial score (nSPS) is 24.8. The summed E-state index contributed by atoms with van der Waals surface area (Å²) in [6.45, 7) is 14.7. The van der Waals surface area contributed by atoms with Gasteiger partial charge in [0.2, 0.25) is 0 Å². The van der Waals surface area contributed by atoms with E-state index in [0.717, 1.165) is 36.8 Å². The maximum absolute atomic E-state index is 13.5. The minimum absolute atomic E-state index is 0.183. The zero-order valence-corrected chi connectivity index (χ0v) is 19.7. The van der Waals surface area contributed by atoms with Gasteiger partial charge in [-0.25, -0.2) is 9.18 Å². The first-order chi connectivity index (χ1) is 14.6. The van der Waals surface area contributed by atoms with Crippen LogP contribution >= 0.6 is 0 Å². The van der Waals surface area contributed by atoms with Gasteiger partial charge in [-0.3, -0.25) is 0 Å². The van der Waals surface area contributed by atoms with Crippen molar-refractivity contribution < 1.29 is 13.9 Å². The molecule has 4 heteroatoms. The molecule has 1 aliphatic carbocycles. The minimum Gasteiger partial charge on any atom is -0.445 e. The number of ether oxygens (including phenoxy) is 1. The molecule has 1 saturated carbocycles. The van der Waals surface area contributed by atoms with Crippen LogP contribution in [0.3, 0.4) is 0 Å². The van der Waals surface area contributed by atoms with Crippen molar-refractivity contribution in [3.8, 4) is 0 Å². The van der Waals surface area contributed by atoms with E-state index < -0.39 is 6.09 Å². The van der Waals surface area contributed by atoms with Gasteiger partial charge in [-0.2, -0.15) is 0 Å². The Bertz CT molecular complexity index is 797. The van der Waals surface area contributed by atoms with Crippen LogP contribution in [0.25, 0.3) is 0 Å². The van der Waals surface area contributed by atoms with Crippen molar-refractivity contribution in [2.24, 2.45) is 11.8 Å². The van der Waals surface area contributed by atoms with E-state index in [-0.39, 0.29) is 23.4 Å². The van der Waals surface area contributed by atoms with Gasteiger partial charge in [0.15, 0.2) is 0 Å². The van der Waals surface area contributed by atoms with E-state index in [4.69, 9.17) is 4.74 Å². The molecule has 3 nitrogen and oxygen atoms in total. The summed E-state index contributed by atoms with van der Waals surface area (Å²) in [5.41, 5.74) is 1.32. The summed E-state index contributed by atoms with van der Waals surface area (Å²) in [6, 6.07) is 6.70. The molecule has 0 saturated heterocycles. The summed E-state index contributed by atoms with van der Waals surface area (Å²) in [6.07, 6.45) is 10.7. The molecule has 1 aromatic rings. The topological polar surface area (TPSA) is 38.3 Å². The predicted octanol–water partition coefficient (Wildman–Crippen LogP) is 7.10. The Kier molecular flexibility index (Phi) is 8.67. The van der Waals surface area contributed by atoms with E-state index in [1.165, 1.54) is 12.1 Å². The number of hydrogen-bond donors (Lipinski definition) is 1. The summed E-state index contributed by atoms with van der Waals surface area (Å²) in [7, 11) is 0. The Morgan fingerprint density at radius 2 is 1.87 bits per heavy atom. The maximum Gasteiger partial charge on any atom is 0.407 e. The monoisotopic (exact) mass is 427 g/mol. The van der Waals surface area contributed by atoms with Gasteiger partial charge in [0, 0.05) is 5.54 Å². The highest BCUT2D eigenvalue weighted by Crippen LogP contribution is 2.43. The summed E-state index contributed by atoms with van der Waals surface area (Å²) in [5, 5.41) is 3.25. The number of nitrogens with one attached hydrogen (secondary N) is 1. The largest absolute Gasteiger partial charge is 0.445 e. The third-order valence-electron chi connectivity index (χ3n) is 6.19. The van der Waals surface area contributed by atoms with Crippen LogP contribution in [0.15, 0.2) is 60.7 Å². The predicted molar refractivity (Wildman–Crippen MR) is 127 cm³/mol. The van der Waals surface area contributed by atoms with Crippen LogP contribution in [0.2, 0.25) is 0 Å². The van der Waals surface area contributed by atoms with E-state index in [1.54, 1.807) is 6.08 Å². The molecule has 0 heterocycles. The summed E-state index contributed by atoms with van der Waals surface area (Å²) < 4.78 is 19.0. The van der Waals surface area contributed by atoms with Crippen molar-refractivity contribution in [3.05, 3.63) is 72.1 Å². The molecule has 0 aliphatic heterocycles. The fraction of sp³-hybridized carbons (Fsp3) is 0.519. The van der Waals surface area contributed by atoms with E-state index in [1.807, 2.05) is 37.3 Å². The van der Waals surface area contributed by atoms with Crippen molar-refractivity contribution >= 4 is 6.09 Å². The van der Waals surface area contributed by atoms with Gasteiger partial charge in [-0.1, -0.05) is 70.7 Å². The number of carbonyl (C=O) groups excluding carboxylic acids is 1. The van der Waals surface area contributed by atoms with Crippen LogP contribution in [0.1, 0.15) is 65.9 Å². The molecule has 2 rings (SSSR count). The van der Waals surface area contributed by atoms with E-state index >= 15 is 0 Å². The van der Waals surface area contributed by atoms with Gasteiger partial charge in [0.05, 0.1) is 0 Å². The lowest BCUT2D eigenvalue weighted by molar-refractivity contribution is 0.0913. The smallest absolute Gasteiger partial charge is 0.407 e. The molecule has 1 amide bonds. The van der Waals surface area contributed by atoms with Crippen molar-refractivity contribution in [1.29, 1.82) is 0 Å². The molecule has 2 unspecified atom stereocenters. The fourth-order valence-electron chi connectivity index (χ4n) is 5.21. The van der Waals surface area contributed by atoms with E-state index in [0.29, 0.717) is 11.8 Å². The molecule has 170 valence electrons. The molecule has 0 bridgehead atoms. The first-order valence-electron chi connectivity index (χ1n) is 11.2. The number of halogens is 1. The first-order valence-corrected chi connectivity index (χ1v) is 11.2. The van der Waals surface area contributed by atoms with Crippen molar-refractivity contribution in [1.82, 2.24) is 5.32 Å². The molecule has 1 aliphatic rings. The summed E-state index contributed by atoms with van der Waals surface area (Å²) in [5.74, 6) is 0.776. The number of carbonyl (C=O) groups is 1. The number of alkyl carbamates (subject to hydrolysis) is 1. The Morgan fingerprint density at radius 1 is 1.26 bits per heavy atom. The van der Waals surface area contributed by atoms with Gasteiger partial charge in [0.1, 0.15) is 12.4 Å². The second kappa shape index (κ2) is 10.8. The summed E-state index contributed by atoms with van der Waals surface area (Å²) in [4.78, 5) is 12.8. The average Bonchev–Trinajstić information content (AvgIpc) is 2.67. The Hall–Kier alpha value is -2.36. The standard InChI is InChI=1S/C27H38FNO2/c1-7-9-10-22(8-2)18-31-25(30)29-27(16-20(3)15-21(4)17-27)19-26(5,6)23-11-13-24(28)14-12-23/h7-14,20-21H,2,15-19H2,1,3-6H3,(H,29,30)/b9-7-,22-10+. The molecule has 0 spiro atoms. The number of benzene rings is 1. The number of rotatable bonds is 8. The fourth-order valence-corrected chi connectivity index (χ4v) is 5.21. The third kappa shape index (κ3) is 7.37. The third-order valence-corrected chi connectivity index (χ3v) is 6.19. The second-order valence-electron chi connectivity index (χ2n) is 9.87. The highest BCUT2D eigenvalue weighted by atomic mass is 19.1. The SMILES string of the molecule is C=C/C(=C\C=C/C)COC(=O)NC1(CC(C)(C)c2ccc(F)cc2)CC(C)CC(C)C1. The quantitative estimate of drug-likeness (QED) is 0.449. The molecular formula is C27H38FNO2. The molecular weight excluding hydrogens is 389 g/mol. The molecule has 1 N–H and O–H groups in total. The highest BCUT2D eigenvalue weighted by Gasteiger charge is 2.43. The van der Waals surface area contributed by atoms with E-state index in [2.05, 4.69) is 39.6 Å². The Morgan fingerprint density at radius 3 is 2.42 bits per heavy atom. The number of allylic oxidation sites excluding steroid dienone is 3. The molecule has 0 aromatic heterocycles. The zero-order chi connectivity index (χ0) is 23.1. The van der Waals surface area contributed by atoms with Gasteiger partial charge in [-0.05, 0) is 73.1 Å². The molecule has 2 atom stereocenters. The minimum atomic E-state index is -0.399. The summed E-state index contributed by atoms with van der Waals surface area (Å²) >= 11 is 0. The lowest BCUT2D eigenvalue weighted by Crippen LogP contribution is -2.55. The second-order valence-corrected chi connectivity index (χ2v) is 9.87. The lowest BCUT2D eigenvalue weighted by atomic mass is 9.64. The van der Waals surface area contributed by atoms with Crippen molar-refractivity contribution in [3.63, 3.8) is 0 Å². The molecule has 1 fully saturated rings. The average molecular weight is 428 g/mol. The van der Waals surface area contributed by atoms with Crippen LogP contribution in [0.5, 0.6) is 0 Å². The van der Waals surface area contributed by atoms with Crippen LogP contribution in [-0.4, -0.2) is 18.2 Å². The van der Waals surface area contributed by atoms with Crippen LogP contribution in [0, 0.1) is 17.7 Å². The zero-order valence-electron chi connectivity index (χ0n) is 19.7. The van der Waals surface area contributed by atoms with Gasteiger partial charge >= 0.3 is 6.09 Å². The number of hydrogen-bond acceptors (Lipinski definition) is 2. The van der Waals surface area contributed by atoms with E-state index in [9.17, 15) is 9.18 Å². The molecule has 1 aromatic carbocycles. The van der Waals surface area contributed by atoms with Gasteiger partial charge in [-0.15, -0.1) is 0 Å². The van der Waals surface area contributed by atoms with Gasteiger partial charge in [0.25, 0.3) is 0 Å². The highest BCUT2D eigenvalue weighted by molar-refractivity contribution is 5.68. The van der Waals surface area contributed by atoms with Crippen molar-refractivity contribution in [2.75, 3.05) is 6.61 Å². The van der Waals surface area contributed by atoms with Crippen LogP contribution in [-0.2, 0) is 10.2 Å². The van der Waals surface area contributed by atoms with Gasteiger partial charge < -0.3 is 10.1 Å². The Balaban J connectivity index is 2.20. The number of amides is 1. The molecule has 0 radical (unpaired) electrons. The first kappa shape index (κ1) is 24.9.